The molecule has 0 aliphatic heterocycles. The zero-order valence-electron chi connectivity index (χ0n) is 17.7. The zero-order valence-corrected chi connectivity index (χ0v) is 18.6. The second kappa shape index (κ2) is 10.6. The Balaban J connectivity index is 2.12. The van der Waals surface area contributed by atoms with Crippen molar-refractivity contribution in [1.82, 2.24) is 14.8 Å². The van der Waals surface area contributed by atoms with Crippen molar-refractivity contribution in [2.45, 2.75) is 25.7 Å². The van der Waals surface area contributed by atoms with Crippen LogP contribution < -0.4 is 10.0 Å². The molecule has 11 nitrogen and oxygen atoms in total. The molecule has 12 heteroatoms. The Labute approximate surface area is 185 Å². The Morgan fingerprint density at radius 3 is 2.34 bits per heavy atom. The number of sulfonamides is 1. The number of hydrogen-bond acceptors (Lipinski definition) is 8. The fraction of sp³-hybridized carbons (Fsp3) is 0.300. The van der Waals surface area contributed by atoms with Crippen LogP contribution in [0.4, 0.5) is 5.69 Å². The van der Waals surface area contributed by atoms with E-state index in [-0.39, 0.29) is 34.4 Å². The minimum absolute atomic E-state index is 0.100. The number of carbonyl (C=O) groups excluding carboxylic acids is 2. The van der Waals surface area contributed by atoms with Gasteiger partial charge in [0.05, 0.1) is 23.2 Å². The van der Waals surface area contributed by atoms with Gasteiger partial charge < -0.3 is 19.8 Å². The summed E-state index contributed by atoms with van der Waals surface area (Å²) in [6.45, 7) is 5.66. The third kappa shape index (κ3) is 5.71. The van der Waals surface area contributed by atoms with Crippen LogP contribution in [0.2, 0.25) is 0 Å². The SMILES string of the molecule is CCN(CC)C(=O)CNS(=O)(=O)c1ccc(NC(=O)/C(C#N)=C(\O)c2cnoc2C)cc1. The summed E-state index contributed by atoms with van der Waals surface area (Å²) >= 11 is 0. The number of aryl methyl sites for hydroxylation is 1. The van der Waals surface area contributed by atoms with Crippen LogP contribution in [-0.4, -0.2) is 55.0 Å². The Bertz CT molecular complexity index is 1160. The molecule has 3 N–H and O–H groups in total. The Morgan fingerprint density at radius 1 is 1.22 bits per heavy atom. The number of nitrogens with one attached hydrogen (secondary N) is 2. The molecule has 1 heterocycles. The Hall–Kier alpha value is -3.69. The fourth-order valence-electron chi connectivity index (χ4n) is 2.71. The van der Waals surface area contributed by atoms with Gasteiger partial charge in [-0.1, -0.05) is 5.16 Å². The van der Waals surface area contributed by atoms with Gasteiger partial charge in [0.15, 0.2) is 11.3 Å². The zero-order chi connectivity index (χ0) is 23.9. The molecule has 0 bridgehead atoms. The maximum absolute atomic E-state index is 12.4. The van der Waals surface area contributed by atoms with Crippen LogP contribution in [-0.2, 0) is 19.6 Å². The number of aliphatic hydroxyl groups is 1. The highest BCUT2D eigenvalue weighted by Gasteiger charge is 2.21. The minimum Gasteiger partial charge on any atom is -0.506 e. The number of hydrogen-bond donors (Lipinski definition) is 3. The highest BCUT2D eigenvalue weighted by Crippen LogP contribution is 2.21. The first kappa shape index (κ1) is 24.6. The largest absolute Gasteiger partial charge is 0.506 e. The van der Waals surface area contributed by atoms with E-state index < -0.39 is 27.3 Å². The summed E-state index contributed by atoms with van der Waals surface area (Å²) in [6, 6.07) is 6.73. The van der Waals surface area contributed by atoms with E-state index >= 15 is 0 Å². The molecule has 0 radical (unpaired) electrons. The number of aromatic nitrogens is 1. The molecule has 1 aromatic heterocycles. The molecule has 170 valence electrons. The van der Waals surface area contributed by atoms with Gasteiger partial charge in [-0.15, -0.1) is 0 Å². The normalized spacial score (nSPS) is 11.9. The lowest BCUT2D eigenvalue weighted by molar-refractivity contribution is -0.129. The lowest BCUT2D eigenvalue weighted by Crippen LogP contribution is -2.39. The van der Waals surface area contributed by atoms with Crippen LogP contribution in [0, 0.1) is 18.3 Å². The number of aliphatic hydroxyl groups excluding tert-OH is 1. The average Bonchev–Trinajstić information content (AvgIpc) is 3.20. The number of nitriles is 1. The van der Waals surface area contributed by atoms with E-state index in [1.165, 1.54) is 42.3 Å². The van der Waals surface area contributed by atoms with Crippen molar-refractivity contribution < 1.29 is 27.6 Å². The first-order chi connectivity index (χ1) is 15.1. The molecule has 1 aromatic carbocycles. The molecule has 0 aliphatic rings. The van der Waals surface area contributed by atoms with Gasteiger partial charge in [0.1, 0.15) is 11.8 Å². The quantitative estimate of drug-likeness (QED) is 0.287. The Kier molecular flexibility index (Phi) is 8.11. The van der Waals surface area contributed by atoms with Gasteiger partial charge in [-0.3, -0.25) is 9.59 Å². The number of likely N-dealkylation sites (N-methyl/N-ethyl adjacent to an activating group) is 1. The number of anilines is 1. The summed E-state index contributed by atoms with van der Waals surface area (Å²) < 4.78 is 31.9. The molecule has 0 spiro atoms. The molecule has 0 atom stereocenters. The number of rotatable bonds is 9. The van der Waals surface area contributed by atoms with Crippen molar-refractivity contribution in [3.8, 4) is 6.07 Å². The van der Waals surface area contributed by atoms with Crippen LogP contribution >= 0.6 is 0 Å². The minimum atomic E-state index is -3.95. The second-order valence-electron chi connectivity index (χ2n) is 6.50. The van der Waals surface area contributed by atoms with E-state index in [0.717, 1.165) is 0 Å². The topological polar surface area (TPSA) is 166 Å². The van der Waals surface area contributed by atoms with E-state index in [4.69, 9.17) is 4.52 Å². The van der Waals surface area contributed by atoms with Gasteiger partial charge in [0.2, 0.25) is 15.9 Å². The van der Waals surface area contributed by atoms with Crippen LogP contribution in [0.3, 0.4) is 0 Å². The molecule has 2 amide bonds. The standard InChI is InChI=1S/C20H23N5O6S/c1-4-25(5-2)18(26)12-23-32(29,30)15-8-6-14(7-9-15)24-20(28)16(10-21)19(27)17-11-22-31-13(17)3/h6-9,11,23,27H,4-5,12H2,1-3H3,(H,24,28)/b19-16-. The highest BCUT2D eigenvalue weighted by atomic mass is 32.2. The highest BCUT2D eigenvalue weighted by molar-refractivity contribution is 7.89. The van der Waals surface area contributed by atoms with Crippen molar-refractivity contribution in [1.29, 1.82) is 5.26 Å². The van der Waals surface area contributed by atoms with Crippen LogP contribution in [0.5, 0.6) is 0 Å². The molecular formula is C20H23N5O6S. The summed E-state index contributed by atoms with van der Waals surface area (Å²) in [5.74, 6) is -1.61. The van der Waals surface area contributed by atoms with Crippen molar-refractivity contribution in [2.75, 3.05) is 25.0 Å². The lowest BCUT2D eigenvalue weighted by Gasteiger charge is -2.18. The van der Waals surface area contributed by atoms with E-state index in [1.807, 2.05) is 0 Å². The molecule has 2 aromatic rings. The molecule has 0 aliphatic carbocycles. The molecule has 2 rings (SSSR count). The smallest absolute Gasteiger partial charge is 0.270 e. The third-order valence-electron chi connectivity index (χ3n) is 4.53. The molecule has 0 unspecified atom stereocenters. The molecule has 0 saturated carbocycles. The predicted molar refractivity (Wildman–Crippen MR) is 115 cm³/mol. The Morgan fingerprint density at radius 2 is 1.84 bits per heavy atom. The van der Waals surface area contributed by atoms with E-state index in [0.29, 0.717) is 13.1 Å². The second-order valence-corrected chi connectivity index (χ2v) is 8.27. The first-order valence-corrected chi connectivity index (χ1v) is 11.1. The summed E-state index contributed by atoms with van der Waals surface area (Å²) in [7, 11) is -3.95. The lowest BCUT2D eigenvalue weighted by atomic mass is 10.1. The number of carbonyl (C=O) groups is 2. The van der Waals surface area contributed by atoms with Gasteiger partial charge in [0, 0.05) is 18.8 Å². The summed E-state index contributed by atoms with van der Waals surface area (Å²) in [6.07, 6.45) is 1.17. The van der Waals surface area contributed by atoms with Gasteiger partial charge in [-0.25, -0.2) is 13.1 Å². The van der Waals surface area contributed by atoms with Crippen LogP contribution in [0.25, 0.3) is 5.76 Å². The van der Waals surface area contributed by atoms with Crippen molar-refractivity contribution in [2.24, 2.45) is 0 Å². The predicted octanol–water partition coefficient (Wildman–Crippen LogP) is 1.56. The monoisotopic (exact) mass is 461 g/mol. The number of nitrogens with zero attached hydrogens (tertiary/aromatic N) is 3. The molecule has 0 saturated heterocycles. The van der Waals surface area contributed by atoms with E-state index in [2.05, 4.69) is 15.2 Å². The molecule has 0 fully saturated rings. The van der Waals surface area contributed by atoms with Gasteiger partial charge in [-0.2, -0.15) is 5.26 Å². The molecule has 32 heavy (non-hydrogen) atoms. The van der Waals surface area contributed by atoms with Crippen molar-refractivity contribution in [3.05, 3.63) is 47.4 Å². The van der Waals surface area contributed by atoms with Gasteiger partial charge in [-0.05, 0) is 45.0 Å². The van der Waals surface area contributed by atoms with Crippen LogP contribution in [0.15, 0.2) is 45.5 Å². The van der Waals surface area contributed by atoms with E-state index in [1.54, 1.807) is 19.9 Å². The maximum atomic E-state index is 12.4. The fourth-order valence-corrected chi connectivity index (χ4v) is 3.69. The third-order valence-corrected chi connectivity index (χ3v) is 5.95. The number of amides is 2. The maximum Gasteiger partial charge on any atom is 0.270 e. The molecular weight excluding hydrogens is 438 g/mol. The van der Waals surface area contributed by atoms with E-state index in [9.17, 15) is 28.4 Å². The van der Waals surface area contributed by atoms with Gasteiger partial charge in [0.25, 0.3) is 5.91 Å². The number of benzene rings is 1. The first-order valence-electron chi connectivity index (χ1n) is 9.58. The van der Waals surface area contributed by atoms with Gasteiger partial charge >= 0.3 is 0 Å². The summed E-state index contributed by atoms with van der Waals surface area (Å²) in [5, 5.41) is 25.4. The summed E-state index contributed by atoms with van der Waals surface area (Å²) in [5.41, 5.74) is -0.274. The van der Waals surface area contributed by atoms with Crippen molar-refractivity contribution in [3.63, 3.8) is 0 Å². The summed E-state index contributed by atoms with van der Waals surface area (Å²) in [4.78, 5) is 25.8. The van der Waals surface area contributed by atoms with Crippen molar-refractivity contribution >= 4 is 33.3 Å². The average molecular weight is 462 g/mol. The van der Waals surface area contributed by atoms with Crippen LogP contribution in [0.1, 0.15) is 25.2 Å².